The van der Waals surface area contributed by atoms with E-state index in [4.69, 9.17) is 4.74 Å². The lowest BCUT2D eigenvalue weighted by Crippen LogP contribution is -2.46. The van der Waals surface area contributed by atoms with E-state index in [1.165, 1.54) is 6.92 Å². The maximum Gasteiger partial charge on any atom is 0.308 e. The third-order valence-corrected chi connectivity index (χ3v) is 4.93. The molecule has 2 aromatic carbocycles. The number of nitrogens with one attached hydrogen (secondary N) is 1. The van der Waals surface area contributed by atoms with Gasteiger partial charge in [0, 0.05) is 29.1 Å². The topological polar surface area (TPSA) is 82.6 Å². The minimum Gasteiger partial charge on any atom is -0.427 e. The Hall–Kier alpha value is -3.12. The molecule has 6 nitrogen and oxygen atoms in total. The van der Waals surface area contributed by atoms with Crippen LogP contribution in [0.5, 0.6) is 5.75 Å². The van der Waals surface area contributed by atoms with Crippen LogP contribution in [0.25, 0.3) is 10.9 Å². The van der Waals surface area contributed by atoms with Gasteiger partial charge in [0.1, 0.15) is 5.75 Å². The van der Waals surface area contributed by atoms with Crippen LogP contribution in [0, 0.1) is 0 Å². The van der Waals surface area contributed by atoms with E-state index in [9.17, 15) is 14.7 Å². The van der Waals surface area contributed by atoms with Gasteiger partial charge in [0.05, 0.1) is 19.2 Å². The second kappa shape index (κ2) is 6.89. The number of carbonyl (C=O) groups is 2. The summed E-state index contributed by atoms with van der Waals surface area (Å²) in [6, 6.07) is 14.3. The summed E-state index contributed by atoms with van der Waals surface area (Å²) < 4.78 is 5.08. The van der Waals surface area contributed by atoms with Gasteiger partial charge < -0.3 is 19.7 Å². The second-order valence-electron chi connectivity index (χ2n) is 6.72. The van der Waals surface area contributed by atoms with Gasteiger partial charge in [0.2, 0.25) is 0 Å². The average molecular weight is 364 g/mol. The zero-order chi connectivity index (χ0) is 19.0. The monoisotopic (exact) mass is 364 g/mol. The van der Waals surface area contributed by atoms with Crippen molar-refractivity contribution in [3.05, 3.63) is 65.4 Å². The van der Waals surface area contributed by atoms with E-state index in [0.29, 0.717) is 24.3 Å². The van der Waals surface area contributed by atoms with Crippen LogP contribution >= 0.6 is 0 Å². The molecule has 0 aliphatic carbocycles. The van der Waals surface area contributed by atoms with Crippen molar-refractivity contribution in [2.75, 3.05) is 6.61 Å². The van der Waals surface area contributed by atoms with Crippen molar-refractivity contribution in [3.63, 3.8) is 0 Å². The molecular weight excluding hydrogens is 344 g/mol. The molecule has 0 fully saturated rings. The number of fused-ring (bicyclic) bond motifs is 3. The zero-order valence-corrected chi connectivity index (χ0v) is 14.9. The number of carbonyl (C=O) groups excluding carboxylic acids is 2. The van der Waals surface area contributed by atoms with Crippen LogP contribution in [0.3, 0.4) is 0 Å². The van der Waals surface area contributed by atoms with Crippen molar-refractivity contribution in [2.24, 2.45) is 0 Å². The molecule has 138 valence electrons. The van der Waals surface area contributed by atoms with Crippen molar-refractivity contribution < 1.29 is 19.4 Å². The van der Waals surface area contributed by atoms with Crippen LogP contribution < -0.4 is 4.74 Å². The highest BCUT2D eigenvalue weighted by atomic mass is 16.5. The smallest absolute Gasteiger partial charge is 0.308 e. The highest BCUT2D eigenvalue weighted by molar-refractivity contribution is 5.95. The number of aromatic amines is 1. The average Bonchev–Trinajstić information content (AvgIpc) is 3.03. The predicted molar refractivity (Wildman–Crippen MR) is 101 cm³/mol. The van der Waals surface area contributed by atoms with Gasteiger partial charge in [-0.2, -0.15) is 0 Å². The SMILES string of the molecule is CC(=O)Oc1cccc(C(=O)N2Cc3[nH]c4ccccc4c3CC2CO)c1. The number of esters is 1. The van der Waals surface area contributed by atoms with Crippen LogP contribution in [0.15, 0.2) is 48.5 Å². The summed E-state index contributed by atoms with van der Waals surface area (Å²) in [5.74, 6) is -0.307. The molecule has 0 saturated heterocycles. The second-order valence-corrected chi connectivity index (χ2v) is 6.72. The van der Waals surface area contributed by atoms with Crippen molar-refractivity contribution in [3.8, 4) is 5.75 Å². The Morgan fingerprint density at radius 2 is 2.04 bits per heavy atom. The first-order valence-electron chi connectivity index (χ1n) is 8.85. The minimum atomic E-state index is -0.437. The van der Waals surface area contributed by atoms with Crippen LogP contribution in [0.1, 0.15) is 28.5 Å². The Morgan fingerprint density at radius 3 is 2.81 bits per heavy atom. The first-order valence-corrected chi connectivity index (χ1v) is 8.85. The standard InChI is InChI=1S/C21H20N2O4/c1-13(25)27-16-6-4-5-14(9-16)21(26)23-11-20-18(10-15(23)12-24)17-7-2-3-8-19(17)22-20/h2-9,15,22,24H,10-12H2,1H3. The fourth-order valence-corrected chi connectivity index (χ4v) is 3.69. The number of aliphatic hydroxyl groups is 1. The quantitative estimate of drug-likeness (QED) is 0.553. The Bertz CT molecular complexity index is 1020. The Kier molecular flexibility index (Phi) is 4.41. The molecule has 4 rings (SSSR count). The van der Waals surface area contributed by atoms with Crippen molar-refractivity contribution in [1.82, 2.24) is 9.88 Å². The molecule has 1 aliphatic rings. The van der Waals surface area contributed by atoms with E-state index in [0.717, 1.165) is 22.2 Å². The number of ether oxygens (including phenoxy) is 1. The molecule has 27 heavy (non-hydrogen) atoms. The first kappa shape index (κ1) is 17.3. The molecular formula is C21H20N2O4. The fraction of sp³-hybridized carbons (Fsp3) is 0.238. The van der Waals surface area contributed by atoms with E-state index < -0.39 is 5.97 Å². The van der Waals surface area contributed by atoms with Gasteiger partial charge >= 0.3 is 5.97 Å². The van der Waals surface area contributed by atoms with Gasteiger partial charge in [-0.15, -0.1) is 0 Å². The molecule has 3 aromatic rings. The number of H-pyrrole nitrogens is 1. The van der Waals surface area contributed by atoms with Crippen LogP contribution in [0.4, 0.5) is 0 Å². The fourth-order valence-electron chi connectivity index (χ4n) is 3.69. The predicted octanol–water partition coefficient (Wildman–Crippen LogP) is 2.65. The lowest BCUT2D eigenvalue weighted by atomic mass is 9.96. The highest BCUT2D eigenvalue weighted by Crippen LogP contribution is 2.31. The third kappa shape index (κ3) is 3.19. The number of rotatable bonds is 3. The number of para-hydroxylation sites is 1. The summed E-state index contributed by atoms with van der Waals surface area (Å²) >= 11 is 0. The molecule has 1 aromatic heterocycles. The molecule has 0 saturated carbocycles. The van der Waals surface area contributed by atoms with Gasteiger partial charge in [-0.1, -0.05) is 24.3 Å². The molecule has 1 amide bonds. The number of amides is 1. The number of aromatic nitrogens is 1. The van der Waals surface area contributed by atoms with E-state index >= 15 is 0 Å². The van der Waals surface area contributed by atoms with Gasteiger partial charge in [-0.05, 0) is 36.2 Å². The Balaban J connectivity index is 1.66. The molecule has 2 heterocycles. The van der Waals surface area contributed by atoms with E-state index in [-0.39, 0.29) is 18.6 Å². The molecule has 1 atom stereocenters. The van der Waals surface area contributed by atoms with Gasteiger partial charge in [0.25, 0.3) is 5.91 Å². The van der Waals surface area contributed by atoms with Crippen molar-refractivity contribution in [2.45, 2.75) is 25.9 Å². The summed E-state index contributed by atoms with van der Waals surface area (Å²) in [4.78, 5) is 29.3. The summed E-state index contributed by atoms with van der Waals surface area (Å²) in [6.07, 6.45) is 0.589. The van der Waals surface area contributed by atoms with Crippen LogP contribution in [-0.4, -0.2) is 39.5 Å². The van der Waals surface area contributed by atoms with Crippen molar-refractivity contribution in [1.29, 1.82) is 0 Å². The van der Waals surface area contributed by atoms with Gasteiger partial charge in [0.15, 0.2) is 0 Å². The van der Waals surface area contributed by atoms with Crippen LogP contribution in [0.2, 0.25) is 0 Å². The first-order chi connectivity index (χ1) is 13.1. The summed E-state index contributed by atoms with van der Waals surface area (Å²) in [6.45, 7) is 1.60. The number of benzene rings is 2. The number of aliphatic hydroxyl groups excluding tert-OH is 1. The molecule has 1 aliphatic heterocycles. The minimum absolute atomic E-state index is 0.117. The van der Waals surface area contributed by atoms with Crippen LogP contribution in [-0.2, 0) is 17.8 Å². The molecule has 2 N–H and O–H groups in total. The summed E-state index contributed by atoms with van der Waals surface area (Å²) in [7, 11) is 0. The Labute approximate surface area is 156 Å². The lowest BCUT2D eigenvalue weighted by Gasteiger charge is -2.34. The molecule has 0 bridgehead atoms. The zero-order valence-electron chi connectivity index (χ0n) is 14.9. The molecule has 0 radical (unpaired) electrons. The Morgan fingerprint density at radius 1 is 1.22 bits per heavy atom. The normalized spacial score (nSPS) is 16.2. The summed E-state index contributed by atoms with van der Waals surface area (Å²) in [5.41, 5.74) is 3.60. The number of hydrogen-bond acceptors (Lipinski definition) is 4. The largest absolute Gasteiger partial charge is 0.427 e. The van der Waals surface area contributed by atoms with E-state index in [1.54, 1.807) is 29.2 Å². The summed E-state index contributed by atoms with van der Waals surface area (Å²) in [5, 5.41) is 11.0. The molecule has 6 heteroatoms. The number of hydrogen-bond donors (Lipinski definition) is 2. The van der Waals surface area contributed by atoms with Gasteiger partial charge in [-0.25, -0.2) is 0 Å². The third-order valence-electron chi connectivity index (χ3n) is 4.93. The molecule has 1 unspecified atom stereocenters. The molecule has 0 spiro atoms. The number of nitrogens with zero attached hydrogens (tertiary/aromatic N) is 1. The highest BCUT2D eigenvalue weighted by Gasteiger charge is 2.32. The van der Waals surface area contributed by atoms with Gasteiger partial charge in [-0.3, -0.25) is 9.59 Å². The van der Waals surface area contributed by atoms with E-state index in [2.05, 4.69) is 11.1 Å². The maximum atomic E-state index is 13.1. The van der Waals surface area contributed by atoms with E-state index in [1.807, 2.05) is 18.2 Å². The maximum absolute atomic E-state index is 13.1. The van der Waals surface area contributed by atoms with Crippen molar-refractivity contribution >= 4 is 22.8 Å². The lowest BCUT2D eigenvalue weighted by molar-refractivity contribution is -0.131.